The minimum absolute atomic E-state index is 0.111. The van der Waals surface area contributed by atoms with Gasteiger partial charge in [-0.3, -0.25) is 0 Å². The second kappa shape index (κ2) is 5.76. The average Bonchev–Trinajstić information content (AvgIpc) is 3.14. The van der Waals surface area contributed by atoms with Gasteiger partial charge in [-0.1, -0.05) is 24.3 Å². The maximum atomic E-state index is 10.6. The number of aromatic nitrogens is 1. The number of fused-ring (bicyclic) bond motifs is 2. The molecule has 0 aliphatic carbocycles. The van der Waals surface area contributed by atoms with Crippen LogP contribution >= 0.6 is 0 Å². The van der Waals surface area contributed by atoms with E-state index in [1.165, 1.54) is 6.08 Å². The van der Waals surface area contributed by atoms with Gasteiger partial charge in [0, 0.05) is 27.8 Å². The van der Waals surface area contributed by atoms with Crippen molar-refractivity contribution >= 4 is 34.3 Å². The van der Waals surface area contributed by atoms with Crippen molar-refractivity contribution in [1.29, 1.82) is 0 Å². The lowest BCUT2D eigenvalue weighted by molar-refractivity contribution is -0.131. The number of aromatic hydroxyl groups is 1. The maximum absolute atomic E-state index is 10.6. The van der Waals surface area contributed by atoms with E-state index in [0.29, 0.717) is 16.9 Å². The van der Waals surface area contributed by atoms with Gasteiger partial charge in [0.05, 0.1) is 11.4 Å². The van der Waals surface area contributed by atoms with Gasteiger partial charge < -0.3 is 15.2 Å². The van der Waals surface area contributed by atoms with Crippen molar-refractivity contribution in [2.45, 2.75) is 0 Å². The summed E-state index contributed by atoms with van der Waals surface area (Å²) in [6.07, 6.45) is 4.33. The molecule has 0 atom stereocenters. The summed E-state index contributed by atoms with van der Waals surface area (Å²) in [6, 6.07) is 13.2. The molecule has 0 radical (unpaired) electrons. The molecule has 2 aromatic carbocycles. The normalized spacial score (nSPS) is 13.9. The smallest absolute Gasteiger partial charge is 0.328 e. The molecule has 0 bridgehead atoms. The molecular formula is C19H13N3O3. The first-order chi connectivity index (χ1) is 12.1. The van der Waals surface area contributed by atoms with Gasteiger partial charge in [0.25, 0.3) is 0 Å². The molecule has 1 aliphatic heterocycles. The Hall–Kier alpha value is -3.67. The van der Waals surface area contributed by atoms with Crippen molar-refractivity contribution < 1.29 is 15.0 Å². The van der Waals surface area contributed by atoms with Crippen LogP contribution in [0.2, 0.25) is 0 Å². The molecule has 25 heavy (non-hydrogen) atoms. The van der Waals surface area contributed by atoms with Crippen LogP contribution in [0.3, 0.4) is 0 Å². The molecule has 0 saturated carbocycles. The predicted octanol–water partition coefficient (Wildman–Crippen LogP) is 2.55. The van der Waals surface area contributed by atoms with Gasteiger partial charge >= 0.3 is 5.97 Å². The third-order valence-corrected chi connectivity index (χ3v) is 3.98. The highest BCUT2D eigenvalue weighted by atomic mass is 16.4. The Morgan fingerprint density at radius 3 is 2.80 bits per heavy atom. The molecule has 3 N–H and O–H groups in total. The van der Waals surface area contributed by atoms with E-state index in [9.17, 15) is 9.90 Å². The van der Waals surface area contributed by atoms with Crippen LogP contribution in [0.15, 0.2) is 64.8 Å². The fourth-order valence-electron chi connectivity index (χ4n) is 2.83. The Morgan fingerprint density at radius 2 is 1.96 bits per heavy atom. The van der Waals surface area contributed by atoms with E-state index in [2.05, 4.69) is 15.2 Å². The standard InChI is InChI=1S/C19H13N3O3/c23-18(24)8-7-16-13-6-5-11(10-17(13)22-21-16)9-14-12-3-1-2-4-15(12)20-19(14)25/h1-10,20,25H,(H,23,24)/b8-7+,11-9?. The number of hydrogen-bond acceptors (Lipinski definition) is 4. The molecule has 0 saturated heterocycles. The molecule has 6 heteroatoms. The maximum Gasteiger partial charge on any atom is 0.328 e. The average molecular weight is 331 g/mol. The van der Waals surface area contributed by atoms with Crippen LogP contribution in [0.1, 0.15) is 5.56 Å². The summed E-state index contributed by atoms with van der Waals surface area (Å²) in [7, 11) is 0. The molecule has 0 unspecified atom stereocenters. The number of aromatic amines is 1. The lowest BCUT2D eigenvalue weighted by Gasteiger charge is -1.94. The highest BCUT2D eigenvalue weighted by Gasteiger charge is 2.09. The first kappa shape index (κ1) is 14.9. The van der Waals surface area contributed by atoms with Crippen molar-refractivity contribution in [3.63, 3.8) is 0 Å². The van der Waals surface area contributed by atoms with Crippen LogP contribution in [-0.2, 0) is 4.79 Å². The SMILES string of the molecule is O=C(O)/C=C/C1=c2ccc(=Cc3c(O)[nH]c4ccccc34)cc2N=N1. The van der Waals surface area contributed by atoms with Gasteiger partial charge in [-0.15, -0.1) is 10.2 Å². The molecular weight excluding hydrogens is 318 g/mol. The Balaban J connectivity index is 1.84. The quantitative estimate of drug-likeness (QED) is 0.643. The molecule has 4 rings (SSSR count). The van der Waals surface area contributed by atoms with Gasteiger partial charge in [0.2, 0.25) is 0 Å². The molecule has 122 valence electrons. The molecule has 1 aliphatic rings. The van der Waals surface area contributed by atoms with Crippen LogP contribution in [0.4, 0.5) is 5.69 Å². The summed E-state index contributed by atoms with van der Waals surface area (Å²) in [6.45, 7) is 0. The van der Waals surface area contributed by atoms with E-state index in [1.54, 1.807) is 0 Å². The summed E-state index contributed by atoms with van der Waals surface area (Å²) in [5, 5.41) is 29.5. The number of benzene rings is 2. The molecule has 0 fully saturated rings. The van der Waals surface area contributed by atoms with Crippen molar-refractivity contribution in [3.05, 3.63) is 70.6 Å². The zero-order valence-electron chi connectivity index (χ0n) is 13.0. The van der Waals surface area contributed by atoms with E-state index in [-0.39, 0.29) is 5.88 Å². The van der Waals surface area contributed by atoms with Gasteiger partial charge in [0.15, 0.2) is 5.88 Å². The van der Waals surface area contributed by atoms with Crippen LogP contribution in [-0.4, -0.2) is 21.2 Å². The summed E-state index contributed by atoms with van der Waals surface area (Å²) in [4.78, 5) is 13.6. The van der Waals surface area contributed by atoms with E-state index in [4.69, 9.17) is 5.11 Å². The summed E-state index contributed by atoms with van der Waals surface area (Å²) < 4.78 is 0. The van der Waals surface area contributed by atoms with Crippen LogP contribution in [0.25, 0.3) is 22.7 Å². The number of carboxylic acids is 1. The Bertz CT molecular complexity index is 1190. The number of carbonyl (C=O) groups is 1. The third-order valence-electron chi connectivity index (χ3n) is 3.98. The zero-order chi connectivity index (χ0) is 17.4. The molecule has 6 nitrogen and oxygen atoms in total. The van der Waals surface area contributed by atoms with Crippen molar-refractivity contribution in [2.75, 3.05) is 0 Å². The first-order valence-corrected chi connectivity index (χ1v) is 7.60. The zero-order valence-corrected chi connectivity index (χ0v) is 13.0. The number of hydrogen-bond donors (Lipinski definition) is 3. The molecule has 3 aromatic rings. The Kier molecular flexibility index (Phi) is 3.43. The summed E-state index contributed by atoms with van der Waals surface area (Å²) in [5.74, 6) is -0.920. The second-order valence-electron chi connectivity index (χ2n) is 5.61. The van der Waals surface area contributed by atoms with Crippen LogP contribution in [0, 0.1) is 0 Å². The van der Waals surface area contributed by atoms with Gasteiger partial charge in [0.1, 0.15) is 0 Å². The topological polar surface area (TPSA) is 98.0 Å². The molecule has 2 heterocycles. The number of rotatable bonds is 3. The second-order valence-corrected chi connectivity index (χ2v) is 5.61. The molecule has 0 spiro atoms. The number of H-pyrrole nitrogens is 1. The number of para-hydroxylation sites is 1. The molecule has 0 amide bonds. The van der Waals surface area contributed by atoms with E-state index < -0.39 is 5.97 Å². The predicted molar refractivity (Wildman–Crippen MR) is 93.9 cm³/mol. The lowest BCUT2D eigenvalue weighted by Crippen LogP contribution is -2.08. The number of azo groups is 1. The monoisotopic (exact) mass is 331 g/mol. The van der Waals surface area contributed by atoms with Crippen molar-refractivity contribution in [1.82, 2.24) is 4.98 Å². The number of nitrogens with one attached hydrogen (secondary N) is 1. The van der Waals surface area contributed by atoms with E-state index in [1.807, 2.05) is 48.5 Å². The van der Waals surface area contributed by atoms with E-state index in [0.717, 1.165) is 27.4 Å². The largest absolute Gasteiger partial charge is 0.494 e. The summed E-state index contributed by atoms with van der Waals surface area (Å²) >= 11 is 0. The third kappa shape index (κ3) is 2.70. The Labute approximate surface area is 141 Å². The van der Waals surface area contributed by atoms with Crippen LogP contribution in [0.5, 0.6) is 5.88 Å². The van der Waals surface area contributed by atoms with Gasteiger partial charge in [-0.25, -0.2) is 4.79 Å². The van der Waals surface area contributed by atoms with Gasteiger partial charge in [-0.05, 0) is 35.6 Å². The lowest BCUT2D eigenvalue weighted by atomic mass is 10.1. The van der Waals surface area contributed by atoms with Crippen molar-refractivity contribution in [2.24, 2.45) is 10.2 Å². The Morgan fingerprint density at radius 1 is 1.12 bits per heavy atom. The van der Waals surface area contributed by atoms with Crippen molar-refractivity contribution in [3.8, 4) is 5.88 Å². The highest BCUT2D eigenvalue weighted by molar-refractivity contribution is 5.91. The molecule has 1 aromatic heterocycles. The van der Waals surface area contributed by atoms with Crippen LogP contribution < -0.4 is 10.4 Å². The number of carboxylic acid groups (broad SMARTS) is 1. The summed E-state index contributed by atoms with van der Waals surface area (Å²) in [5.41, 5.74) is 2.75. The minimum Gasteiger partial charge on any atom is -0.494 e. The van der Waals surface area contributed by atoms with E-state index >= 15 is 0 Å². The fraction of sp³-hybridized carbons (Fsp3) is 0. The number of nitrogens with zero attached hydrogens (tertiary/aromatic N) is 2. The van der Waals surface area contributed by atoms with Gasteiger partial charge in [-0.2, -0.15) is 0 Å². The number of aliphatic carboxylic acids is 1. The fourth-order valence-corrected chi connectivity index (χ4v) is 2.83. The minimum atomic E-state index is -1.03. The first-order valence-electron chi connectivity index (χ1n) is 7.60. The highest BCUT2D eigenvalue weighted by Crippen LogP contribution is 2.27.